The molecular formula is C14H23N3O. The summed E-state index contributed by atoms with van der Waals surface area (Å²) in [6, 6.07) is 5.34. The zero-order valence-electron chi connectivity index (χ0n) is 11.8. The molecule has 0 saturated carbocycles. The number of hydrogen-bond donors (Lipinski definition) is 3. The summed E-state index contributed by atoms with van der Waals surface area (Å²) in [5, 5.41) is 6.12. The van der Waals surface area contributed by atoms with Crippen molar-refractivity contribution < 1.29 is 4.79 Å². The summed E-state index contributed by atoms with van der Waals surface area (Å²) in [5.41, 5.74) is 8.20. The first kappa shape index (κ1) is 14.4. The zero-order valence-corrected chi connectivity index (χ0v) is 11.8. The molecule has 1 aromatic carbocycles. The average Bonchev–Trinajstić information content (AvgIpc) is 2.22. The molecule has 1 unspecified atom stereocenters. The van der Waals surface area contributed by atoms with Crippen molar-refractivity contribution >= 4 is 17.3 Å². The number of nitrogen functional groups attached to an aromatic ring is 1. The van der Waals surface area contributed by atoms with Gasteiger partial charge in [-0.1, -0.05) is 6.07 Å². The molecule has 0 radical (unpaired) electrons. The van der Waals surface area contributed by atoms with E-state index in [0.717, 1.165) is 16.9 Å². The number of benzene rings is 1. The lowest BCUT2D eigenvalue weighted by atomic mass is 10.1. The first-order chi connectivity index (χ1) is 8.20. The fourth-order valence-corrected chi connectivity index (χ4v) is 1.59. The Balaban J connectivity index is 2.73. The van der Waals surface area contributed by atoms with Crippen molar-refractivity contribution in [3.63, 3.8) is 0 Å². The highest BCUT2D eigenvalue weighted by molar-refractivity contribution is 5.85. The molecule has 0 aliphatic rings. The van der Waals surface area contributed by atoms with Gasteiger partial charge in [0.25, 0.3) is 0 Å². The van der Waals surface area contributed by atoms with Crippen LogP contribution in [0.15, 0.2) is 18.2 Å². The fourth-order valence-electron chi connectivity index (χ4n) is 1.59. The van der Waals surface area contributed by atoms with Gasteiger partial charge in [-0.3, -0.25) is 4.79 Å². The summed E-state index contributed by atoms with van der Waals surface area (Å²) in [6.45, 7) is 9.66. The number of rotatable bonds is 3. The van der Waals surface area contributed by atoms with Crippen LogP contribution in [0, 0.1) is 6.92 Å². The molecule has 0 bridgehead atoms. The van der Waals surface area contributed by atoms with Gasteiger partial charge < -0.3 is 16.4 Å². The van der Waals surface area contributed by atoms with Gasteiger partial charge in [0.15, 0.2) is 0 Å². The van der Waals surface area contributed by atoms with Crippen LogP contribution < -0.4 is 16.4 Å². The van der Waals surface area contributed by atoms with Crippen molar-refractivity contribution in [1.82, 2.24) is 5.32 Å². The lowest BCUT2D eigenvalue weighted by molar-refractivity contribution is -0.122. The Labute approximate surface area is 109 Å². The molecule has 4 heteroatoms. The molecule has 100 valence electrons. The largest absolute Gasteiger partial charge is 0.398 e. The zero-order chi connectivity index (χ0) is 13.9. The van der Waals surface area contributed by atoms with Crippen LogP contribution in [0.3, 0.4) is 0 Å². The van der Waals surface area contributed by atoms with Crippen LogP contribution in [-0.2, 0) is 4.79 Å². The molecule has 0 aromatic heterocycles. The smallest absolute Gasteiger partial charge is 0.242 e. The van der Waals surface area contributed by atoms with Gasteiger partial charge in [0.1, 0.15) is 6.04 Å². The molecule has 0 heterocycles. The monoisotopic (exact) mass is 249 g/mol. The van der Waals surface area contributed by atoms with Crippen LogP contribution in [0.1, 0.15) is 33.3 Å². The van der Waals surface area contributed by atoms with Crippen molar-refractivity contribution in [2.24, 2.45) is 0 Å². The number of hydrogen-bond acceptors (Lipinski definition) is 3. The predicted octanol–water partition coefficient (Wildman–Crippen LogP) is 2.29. The SMILES string of the molecule is Cc1c(N)cccc1NC(C)C(=O)NC(C)(C)C. The van der Waals surface area contributed by atoms with Crippen LogP contribution >= 0.6 is 0 Å². The third-order valence-electron chi connectivity index (χ3n) is 2.64. The number of carbonyl (C=O) groups excluding carboxylic acids is 1. The summed E-state index contributed by atoms with van der Waals surface area (Å²) in [6.07, 6.45) is 0. The molecule has 1 amide bonds. The maximum Gasteiger partial charge on any atom is 0.242 e. The summed E-state index contributed by atoms with van der Waals surface area (Å²) >= 11 is 0. The standard InChI is InChI=1S/C14H23N3O/c1-9-11(15)7-6-8-12(9)16-10(2)13(18)17-14(3,4)5/h6-8,10,16H,15H2,1-5H3,(H,17,18). The van der Waals surface area contributed by atoms with E-state index in [1.807, 2.05) is 52.8 Å². The van der Waals surface area contributed by atoms with Gasteiger partial charge >= 0.3 is 0 Å². The Morgan fingerprint density at radius 1 is 1.33 bits per heavy atom. The molecule has 18 heavy (non-hydrogen) atoms. The Morgan fingerprint density at radius 2 is 1.94 bits per heavy atom. The van der Waals surface area contributed by atoms with E-state index in [0.29, 0.717) is 0 Å². The highest BCUT2D eigenvalue weighted by Gasteiger charge is 2.19. The van der Waals surface area contributed by atoms with Gasteiger partial charge in [-0.15, -0.1) is 0 Å². The second-order valence-electron chi connectivity index (χ2n) is 5.63. The van der Waals surface area contributed by atoms with Crippen LogP contribution in [0.25, 0.3) is 0 Å². The van der Waals surface area contributed by atoms with Gasteiger partial charge in [0.2, 0.25) is 5.91 Å². The van der Waals surface area contributed by atoms with E-state index in [-0.39, 0.29) is 17.5 Å². The van der Waals surface area contributed by atoms with E-state index in [1.165, 1.54) is 0 Å². The first-order valence-corrected chi connectivity index (χ1v) is 6.14. The van der Waals surface area contributed by atoms with Gasteiger partial charge in [0, 0.05) is 16.9 Å². The minimum atomic E-state index is -0.301. The number of amides is 1. The Hall–Kier alpha value is -1.71. The molecular weight excluding hydrogens is 226 g/mol. The molecule has 0 saturated heterocycles. The summed E-state index contributed by atoms with van der Waals surface area (Å²) in [5.74, 6) is -0.0238. The lowest BCUT2D eigenvalue weighted by Gasteiger charge is -2.24. The fraction of sp³-hybridized carbons (Fsp3) is 0.500. The van der Waals surface area contributed by atoms with Crippen LogP contribution in [0.4, 0.5) is 11.4 Å². The predicted molar refractivity (Wildman–Crippen MR) is 76.6 cm³/mol. The van der Waals surface area contributed by atoms with E-state index in [1.54, 1.807) is 0 Å². The molecule has 0 aliphatic heterocycles. The van der Waals surface area contributed by atoms with E-state index in [4.69, 9.17) is 5.73 Å². The summed E-state index contributed by atoms with van der Waals surface area (Å²) in [4.78, 5) is 12.0. The van der Waals surface area contributed by atoms with E-state index >= 15 is 0 Å². The van der Waals surface area contributed by atoms with Crippen molar-refractivity contribution in [3.05, 3.63) is 23.8 Å². The van der Waals surface area contributed by atoms with Crippen LogP contribution in [0.5, 0.6) is 0 Å². The quantitative estimate of drug-likeness (QED) is 0.720. The summed E-state index contributed by atoms with van der Waals surface area (Å²) in [7, 11) is 0. The maximum atomic E-state index is 12.0. The minimum absolute atomic E-state index is 0.0238. The molecule has 4 N–H and O–H groups in total. The van der Waals surface area contributed by atoms with Crippen molar-refractivity contribution in [2.75, 3.05) is 11.1 Å². The molecule has 1 rings (SSSR count). The van der Waals surface area contributed by atoms with Crippen molar-refractivity contribution in [2.45, 2.75) is 46.2 Å². The minimum Gasteiger partial charge on any atom is -0.398 e. The third kappa shape index (κ3) is 3.95. The van der Waals surface area contributed by atoms with Crippen LogP contribution in [-0.4, -0.2) is 17.5 Å². The molecule has 0 fully saturated rings. The Morgan fingerprint density at radius 3 is 2.50 bits per heavy atom. The highest BCUT2D eigenvalue weighted by Crippen LogP contribution is 2.21. The van der Waals surface area contributed by atoms with E-state index in [9.17, 15) is 4.79 Å². The molecule has 0 aliphatic carbocycles. The second kappa shape index (κ2) is 5.29. The number of nitrogens with two attached hydrogens (primary N) is 1. The highest BCUT2D eigenvalue weighted by atomic mass is 16.2. The van der Waals surface area contributed by atoms with Crippen molar-refractivity contribution in [3.8, 4) is 0 Å². The van der Waals surface area contributed by atoms with E-state index < -0.39 is 0 Å². The van der Waals surface area contributed by atoms with Gasteiger partial charge in [-0.05, 0) is 52.3 Å². The number of carbonyl (C=O) groups is 1. The first-order valence-electron chi connectivity index (χ1n) is 6.14. The normalized spacial score (nSPS) is 12.9. The molecule has 4 nitrogen and oxygen atoms in total. The topological polar surface area (TPSA) is 67.1 Å². The Kier molecular flexibility index (Phi) is 4.22. The van der Waals surface area contributed by atoms with Crippen molar-refractivity contribution in [1.29, 1.82) is 0 Å². The molecule has 1 aromatic rings. The van der Waals surface area contributed by atoms with Crippen LogP contribution in [0.2, 0.25) is 0 Å². The number of anilines is 2. The average molecular weight is 249 g/mol. The Bertz CT molecular complexity index is 435. The molecule has 0 spiro atoms. The van der Waals surface area contributed by atoms with E-state index in [2.05, 4.69) is 10.6 Å². The summed E-state index contributed by atoms with van der Waals surface area (Å²) < 4.78 is 0. The maximum absolute atomic E-state index is 12.0. The lowest BCUT2D eigenvalue weighted by Crippen LogP contribution is -2.47. The molecule has 1 atom stereocenters. The third-order valence-corrected chi connectivity index (χ3v) is 2.64. The number of nitrogens with one attached hydrogen (secondary N) is 2. The van der Waals surface area contributed by atoms with Gasteiger partial charge in [-0.2, -0.15) is 0 Å². The van der Waals surface area contributed by atoms with Gasteiger partial charge in [0.05, 0.1) is 0 Å². The second-order valence-corrected chi connectivity index (χ2v) is 5.63. The van der Waals surface area contributed by atoms with Gasteiger partial charge in [-0.25, -0.2) is 0 Å².